The van der Waals surface area contributed by atoms with Crippen molar-refractivity contribution in [2.75, 3.05) is 49.2 Å². The number of benzene rings is 1. The summed E-state index contributed by atoms with van der Waals surface area (Å²) in [6.45, 7) is 4.64. The Balaban J connectivity index is 1.53. The molecule has 0 saturated carbocycles. The van der Waals surface area contributed by atoms with Gasteiger partial charge in [0.2, 0.25) is 5.95 Å². The van der Waals surface area contributed by atoms with E-state index in [1.807, 2.05) is 16.7 Å². The van der Waals surface area contributed by atoms with Crippen LogP contribution in [-0.4, -0.2) is 87.3 Å². The molecule has 0 bridgehead atoms. The van der Waals surface area contributed by atoms with E-state index < -0.39 is 31.0 Å². The Morgan fingerprint density at radius 1 is 1.03 bits per heavy atom. The Hall–Kier alpha value is -2.24. The lowest BCUT2D eigenvalue weighted by Gasteiger charge is -2.39. The highest BCUT2D eigenvalue weighted by Crippen LogP contribution is 2.30. The molecule has 11 heteroatoms. The van der Waals surface area contributed by atoms with Gasteiger partial charge in [0.15, 0.2) is 19.7 Å². The minimum absolute atomic E-state index is 0.124. The second-order valence-corrected chi connectivity index (χ2v) is 12.0. The Morgan fingerprint density at radius 2 is 1.68 bits per heavy atom. The van der Waals surface area contributed by atoms with E-state index in [1.165, 1.54) is 12.1 Å². The molecule has 9 nitrogen and oxygen atoms in total. The number of hydrogen-bond donors (Lipinski definition) is 0. The monoisotopic (exact) mass is 466 g/mol. The van der Waals surface area contributed by atoms with Crippen LogP contribution in [0.5, 0.6) is 5.75 Å². The molecular weight excluding hydrogens is 440 g/mol. The fraction of sp³-hybridized carbons (Fsp3) is 0.500. The number of piperazine rings is 1. The Morgan fingerprint density at radius 3 is 2.29 bits per heavy atom. The molecule has 2 saturated heterocycles. The summed E-state index contributed by atoms with van der Waals surface area (Å²) in [6.07, 6.45) is 3.36. The molecule has 2 atom stereocenters. The van der Waals surface area contributed by atoms with Crippen LogP contribution in [0.4, 0.5) is 5.95 Å². The fourth-order valence-corrected chi connectivity index (χ4v) is 9.04. The van der Waals surface area contributed by atoms with E-state index in [-0.39, 0.29) is 16.4 Å². The third-order valence-corrected chi connectivity index (χ3v) is 9.89. The summed E-state index contributed by atoms with van der Waals surface area (Å²) < 4.78 is 57.0. The van der Waals surface area contributed by atoms with Gasteiger partial charge in [-0.3, -0.25) is 4.90 Å². The van der Waals surface area contributed by atoms with Crippen LogP contribution in [0.1, 0.15) is 6.92 Å². The highest BCUT2D eigenvalue weighted by atomic mass is 32.2. The lowest BCUT2D eigenvalue weighted by atomic mass is 10.2. The van der Waals surface area contributed by atoms with Gasteiger partial charge in [-0.2, -0.15) is 0 Å². The third kappa shape index (κ3) is 4.68. The lowest BCUT2D eigenvalue weighted by molar-refractivity contribution is 0.201. The van der Waals surface area contributed by atoms with Crippen LogP contribution in [-0.2, 0) is 19.7 Å². The van der Waals surface area contributed by atoms with Crippen molar-refractivity contribution in [3.63, 3.8) is 0 Å². The second kappa shape index (κ2) is 8.71. The summed E-state index contributed by atoms with van der Waals surface area (Å²) in [5, 5.41) is -0.991. The fourth-order valence-electron chi connectivity index (χ4n) is 4.21. The summed E-state index contributed by atoms with van der Waals surface area (Å²) in [4.78, 5) is 12.6. The number of anilines is 1. The van der Waals surface area contributed by atoms with Crippen LogP contribution >= 0.6 is 0 Å². The molecule has 2 aromatic rings. The summed E-state index contributed by atoms with van der Waals surface area (Å²) in [5.41, 5.74) is 0. The topological polar surface area (TPSA) is 110 Å². The first-order chi connectivity index (χ1) is 14.8. The molecule has 0 spiro atoms. The number of nitrogens with zero attached hydrogens (tertiary/aromatic N) is 4. The molecule has 0 aliphatic carbocycles. The van der Waals surface area contributed by atoms with E-state index in [1.54, 1.807) is 30.6 Å². The molecule has 168 valence electrons. The van der Waals surface area contributed by atoms with Gasteiger partial charge in [-0.15, -0.1) is 0 Å². The first-order valence-corrected chi connectivity index (χ1v) is 13.6. The summed E-state index contributed by atoms with van der Waals surface area (Å²) in [6, 6.07) is 7.38. The van der Waals surface area contributed by atoms with E-state index >= 15 is 0 Å². The van der Waals surface area contributed by atoms with Crippen LogP contribution in [0.3, 0.4) is 0 Å². The van der Waals surface area contributed by atoms with Gasteiger partial charge in [-0.05, 0) is 37.3 Å². The summed E-state index contributed by atoms with van der Waals surface area (Å²) in [7, 11) is -7.27. The van der Waals surface area contributed by atoms with E-state index in [2.05, 4.69) is 9.97 Å². The zero-order valence-corrected chi connectivity index (χ0v) is 18.9. The molecule has 0 radical (unpaired) electrons. The van der Waals surface area contributed by atoms with Crippen LogP contribution in [0.2, 0.25) is 0 Å². The number of sulfone groups is 2. The van der Waals surface area contributed by atoms with Crippen molar-refractivity contribution < 1.29 is 21.6 Å². The van der Waals surface area contributed by atoms with Crippen molar-refractivity contribution in [3.8, 4) is 5.75 Å². The standard InChI is InChI=1S/C20H26N4O5S2/c1-2-29-16-4-6-17(7-5-16)31(27,28)19-15-30(25,26)14-18(19)23-10-12-24(13-11-23)20-21-8-3-9-22-20/h3-9,18-19H,2,10-15H2,1H3. The quantitative estimate of drug-likeness (QED) is 0.605. The minimum atomic E-state index is -3.82. The molecule has 31 heavy (non-hydrogen) atoms. The largest absolute Gasteiger partial charge is 0.494 e. The highest BCUT2D eigenvalue weighted by Gasteiger charge is 2.48. The van der Waals surface area contributed by atoms with Gasteiger partial charge in [-0.25, -0.2) is 26.8 Å². The van der Waals surface area contributed by atoms with E-state index in [4.69, 9.17) is 4.74 Å². The SMILES string of the molecule is CCOc1ccc(S(=O)(=O)C2CS(=O)(=O)CC2N2CCN(c3ncccn3)CC2)cc1. The first-order valence-electron chi connectivity index (χ1n) is 10.2. The van der Waals surface area contributed by atoms with Gasteiger partial charge in [0.25, 0.3) is 0 Å². The molecule has 0 amide bonds. The average Bonchev–Trinajstić information content (AvgIpc) is 3.11. The highest BCUT2D eigenvalue weighted by molar-refractivity contribution is 7.96. The molecule has 0 N–H and O–H groups in total. The molecular formula is C20H26N4O5S2. The van der Waals surface area contributed by atoms with Crippen LogP contribution in [0, 0.1) is 0 Å². The predicted octanol–water partition coefficient (Wildman–Crippen LogP) is 0.637. The maximum absolute atomic E-state index is 13.4. The van der Waals surface area contributed by atoms with Crippen LogP contribution in [0.25, 0.3) is 0 Å². The molecule has 2 fully saturated rings. The van der Waals surface area contributed by atoms with Gasteiger partial charge in [0.1, 0.15) is 5.75 Å². The maximum Gasteiger partial charge on any atom is 0.225 e. The Kier molecular flexibility index (Phi) is 6.18. The predicted molar refractivity (Wildman–Crippen MR) is 117 cm³/mol. The van der Waals surface area contributed by atoms with Gasteiger partial charge >= 0.3 is 0 Å². The van der Waals surface area contributed by atoms with Crippen molar-refractivity contribution in [1.29, 1.82) is 0 Å². The van der Waals surface area contributed by atoms with Crippen molar-refractivity contribution in [2.24, 2.45) is 0 Å². The van der Waals surface area contributed by atoms with Crippen molar-refractivity contribution in [3.05, 3.63) is 42.7 Å². The lowest BCUT2D eigenvalue weighted by Crippen LogP contribution is -2.55. The number of rotatable bonds is 6. The normalized spacial score (nSPS) is 24.2. The first kappa shape index (κ1) is 22.0. The van der Waals surface area contributed by atoms with E-state index in [0.29, 0.717) is 44.5 Å². The van der Waals surface area contributed by atoms with Gasteiger partial charge in [0, 0.05) is 44.6 Å². The molecule has 1 aromatic heterocycles. The van der Waals surface area contributed by atoms with Crippen molar-refractivity contribution in [1.82, 2.24) is 14.9 Å². The average molecular weight is 467 g/mol. The van der Waals surface area contributed by atoms with Gasteiger partial charge in [-0.1, -0.05) is 0 Å². The summed E-state index contributed by atoms with van der Waals surface area (Å²) >= 11 is 0. The van der Waals surface area contributed by atoms with Crippen LogP contribution in [0.15, 0.2) is 47.6 Å². The molecule has 1 aromatic carbocycles. The van der Waals surface area contributed by atoms with E-state index in [9.17, 15) is 16.8 Å². The molecule has 2 unspecified atom stereocenters. The maximum atomic E-state index is 13.4. The summed E-state index contributed by atoms with van der Waals surface area (Å²) in [5.74, 6) is 0.710. The molecule has 2 aliphatic rings. The smallest absolute Gasteiger partial charge is 0.225 e. The molecule has 3 heterocycles. The van der Waals surface area contributed by atoms with E-state index in [0.717, 1.165) is 0 Å². The minimum Gasteiger partial charge on any atom is -0.494 e. The second-order valence-electron chi connectivity index (χ2n) is 7.70. The zero-order valence-electron chi connectivity index (χ0n) is 17.3. The number of ether oxygens (including phenoxy) is 1. The number of aromatic nitrogens is 2. The van der Waals surface area contributed by atoms with Crippen LogP contribution < -0.4 is 9.64 Å². The third-order valence-electron chi connectivity index (χ3n) is 5.75. The zero-order chi connectivity index (χ0) is 22.1. The number of hydrogen-bond acceptors (Lipinski definition) is 9. The molecule has 4 rings (SSSR count). The molecule has 2 aliphatic heterocycles. The Bertz CT molecular complexity index is 1100. The van der Waals surface area contributed by atoms with Crippen molar-refractivity contribution >= 4 is 25.6 Å². The Labute approximate surface area is 182 Å². The van der Waals surface area contributed by atoms with Gasteiger partial charge in [0.05, 0.1) is 28.3 Å². The van der Waals surface area contributed by atoms with Gasteiger partial charge < -0.3 is 9.64 Å². The van der Waals surface area contributed by atoms with Crippen molar-refractivity contribution in [2.45, 2.75) is 23.1 Å².